The van der Waals surface area contributed by atoms with Gasteiger partial charge < -0.3 is 5.32 Å². The molecule has 5 nitrogen and oxygen atoms in total. The summed E-state index contributed by atoms with van der Waals surface area (Å²) >= 11 is 0. The zero-order valence-electron chi connectivity index (χ0n) is 9.59. The van der Waals surface area contributed by atoms with E-state index in [0.29, 0.717) is 11.4 Å². The summed E-state index contributed by atoms with van der Waals surface area (Å²) in [5.74, 6) is 1.49. The summed E-state index contributed by atoms with van der Waals surface area (Å²) in [6.45, 7) is 0.762. The Morgan fingerprint density at radius 2 is 2.12 bits per heavy atom. The SMILES string of the molecule is CS(=O)CCCNc1ccc2nccnc2n1. The van der Waals surface area contributed by atoms with Gasteiger partial charge >= 0.3 is 0 Å². The van der Waals surface area contributed by atoms with Crippen LogP contribution in [0.4, 0.5) is 5.82 Å². The van der Waals surface area contributed by atoms with E-state index in [1.807, 2.05) is 12.1 Å². The number of aromatic nitrogens is 3. The molecule has 0 aliphatic carbocycles. The van der Waals surface area contributed by atoms with Gasteiger partial charge in [-0.05, 0) is 18.6 Å². The summed E-state index contributed by atoms with van der Waals surface area (Å²) < 4.78 is 10.9. The minimum Gasteiger partial charge on any atom is -0.370 e. The summed E-state index contributed by atoms with van der Waals surface area (Å²) in [5.41, 5.74) is 1.42. The second-order valence-corrected chi connectivity index (χ2v) is 5.21. The molecule has 0 aromatic carbocycles. The fourth-order valence-electron chi connectivity index (χ4n) is 1.44. The number of nitrogens with zero attached hydrogens (tertiary/aromatic N) is 3. The lowest BCUT2D eigenvalue weighted by molar-refractivity contribution is 0.685. The van der Waals surface area contributed by atoms with Gasteiger partial charge in [-0.3, -0.25) is 9.19 Å². The molecule has 0 radical (unpaired) electrons. The average Bonchev–Trinajstić information content (AvgIpc) is 2.34. The number of fused-ring (bicyclic) bond motifs is 1. The van der Waals surface area contributed by atoms with Gasteiger partial charge in [0.25, 0.3) is 0 Å². The first-order chi connectivity index (χ1) is 8.25. The molecule has 2 heterocycles. The van der Waals surface area contributed by atoms with Crippen molar-refractivity contribution in [2.45, 2.75) is 6.42 Å². The molecule has 2 rings (SSSR count). The average molecular weight is 250 g/mol. The van der Waals surface area contributed by atoms with Crippen molar-refractivity contribution in [3.8, 4) is 0 Å². The Balaban J connectivity index is 1.97. The number of hydrogen-bond donors (Lipinski definition) is 1. The maximum absolute atomic E-state index is 10.9. The van der Waals surface area contributed by atoms with Crippen molar-refractivity contribution in [2.24, 2.45) is 0 Å². The van der Waals surface area contributed by atoms with Gasteiger partial charge in [0, 0.05) is 41.7 Å². The van der Waals surface area contributed by atoms with E-state index in [2.05, 4.69) is 20.3 Å². The summed E-state index contributed by atoms with van der Waals surface area (Å²) in [7, 11) is -0.728. The van der Waals surface area contributed by atoms with Gasteiger partial charge in [0.15, 0.2) is 5.65 Å². The van der Waals surface area contributed by atoms with Gasteiger partial charge in [-0.2, -0.15) is 0 Å². The maximum Gasteiger partial charge on any atom is 0.180 e. The third-order valence-corrected chi connectivity index (χ3v) is 3.11. The van der Waals surface area contributed by atoms with Crippen LogP contribution in [-0.2, 0) is 10.8 Å². The number of pyridine rings is 1. The third kappa shape index (κ3) is 3.45. The molecule has 0 fully saturated rings. The normalized spacial score (nSPS) is 12.5. The van der Waals surface area contributed by atoms with E-state index in [1.54, 1.807) is 18.6 Å². The number of rotatable bonds is 5. The van der Waals surface area contributed by atoms with E-state index >= 15 is 0 Å². The van der Waals surface area contributed by atoms with Crippen LogP contribution in [0.2, 0.25) is 0 Å². The molecule has 1 atom stereocenters. The minimum atomic E-state index is -0.728. The Hall–Kier alpha value is -1.56. The highest BCUT2D eigenvalue weighted by Crippen LogP contribution is 2.09. The number of nitrogens with one attached hydrogen (secondary N) is 1. The molecule has 0 amide bonds. The van der Waals surface area contributed by atoms with Gasteiger partial charge in [0.2, 0.25) is 0 Å². The molecule has 0 spiro atoms. The van der Waals surface area contributed by atoms with E-state index in [4.69, 9.17) is 0 Å². The molecule has 0 aliphatic rings. The van der Waals surface area contributed by atoms with Crippen LogP contribution >= 0.6 is 0 Å². The highest BCUT2D eigenvalue weighted by Gasteiger charge is 1.99. The lowest BCUT2D eigenvalue weighted by atomic mass is 10.4. The Morgan fingerprint density at radius 1 is 1.29 bits per heavy atom. The Kier molecular flexibility index (Phi) is 3.98. The van der Waals surface area contributed by atoms with Gasteiger partial charge in [0.1, 0.15) is 11.3 Å². The van der Waals surface area contributed by atoms with Crippen molar-refractivity contribution in [1.82, 2.24) is 15.0 Å². The number of hydrogen-bond acceptors (Lipinski definition) is 5. The van der Waals surface area contributed by atoms with Crippen molar-refractivity contribution in [3.05, 3.63) is 24.5 Å². The maximum atomic E-state index is 10.9. The van der Waals surface area contributed by atoms with Crippen LogP contribution in [-0.4, -0.2) is 37.7 Å². The predicted molar refractivity (Wildman–Crippen MR) is 69.4 cm³/mol. The molecule has 0 saturated carbocycles. The zero-order chi connectivity index (χ0) is 12.1. The van der Waals surface area contributed by atoms with Crippen LogP contribution < -0.4 is 5.32 Å². The lowest BCUT2D eigenvalue weighted by Crippen LogP contribution is -2.07. The molecule has 1 unspecified atom stereocenters. The van der Waals surface area contributed by atoms with Crippen LogP contribution in [0.15, 0.2) is 24.5 Å². The van der Waals surface area contributed by atoms with E-state index in [-0.39, 0.29) is 0 Å². The Morgan fingerprint density at radius 3 is 2.94 bits per heavy atom. The van der Waals surface area contributed by atoms with E-state index in [0.717, 1.165) is 24.3 Å². The topological polar surface area (TPSA) is 67.8 Å². The van der Waals surface area contributed by atoms with Crippen LogP contribution in [0.1, 0.15) is 6.42 Å². The molecular weight excluding hydrogens is 236 g/mol. The van der Waals surface area contributed by atoms with Crippen molar-refractivity contribution >= 4 is 27.8 Å². The summed E-state index contributed by atoms with van der Waals surface area (Å²) in [6, 6.07) is 3.76. The van der Waals surface area contributed by atoms with E-state index < -0.39 is 10.8 Å². The second-order valence-electron chi connectivity index (χ2n) is 3.65. The molecular formula is C11H14N4OS. The van der Waals surface area contributed by atoms with Crippen LogP contribution in [0.5, 0.6) is 0 Å². The van der Waals surface area contributed by atoms with Gasteiger partial charge in [-0.15, -0.1) is 0 Å². The van der Waals surface area contributed by atoms with E-state index in [9.17, 15) is 4.21 Å². The van der Waals surface area contributed by atoms with E-state index in [1.165, 1.54) is 0 Å². The monoisotopic (exact) mass is 250 g/mol. The fourth-order valence-corrected chi connectivity index (χ4v) is 2.00. The molecule has 6 heteroatoms. The molecule has 1 N–H and O–H groups in total. The lowest BCUT2D eigenvalue weighted by Gasteiger charge is -2.05. The number of anilines is 1. The van der Waals surface area contributed by atoms with Gasteiger partial charge in [-0.25, -0.2) is 9.97 Å². The summed E-state index contributed by atoms with van der Waals surface area (Å²) in [4.78, 5) is 12.6. The molecule has 2 aromatic heterocycles. The highest BCUT2D eigenvalue weighted by molar-refractivity contribution is 7.84. The standard InChI is InChI=1S/C11H14N4OS/c1-17(16)8-2-5-13-10-4-3-9-11(15-10)14-7-6-12-9/h3-4,6-7H,2,5,8H2,1H3,(H,13,14,15). The molecule has 0 aliphatic heterocycles. The predicted octanol–water partition coefficient (Wildman–Crippen LogP) is 1.21. The Labute approximate surface area is 102 Å². The molecule has 0 bridgehead atoms. The van der Waals surface area contributed by atoms with Gasteiger partial charge in [-0.1, -0.05) is 0 Å². The molecule has 0 saturated heterocycles. The zero-order valence-corrected chi connectivity index (χ0v) is 10.4. The van der Waals surface area contributed by atoms with Gasteiger partial charge in [0.05, 0.1) is 0 Å². The van der Waals surface area contributed by atoms with Crippen molar-refractivity contribution in [1.29, 1.82) is 0 Å². The quantitative estimate of drug-likeness (QED) is 0.808. The smallest absolute Gasteiger partial charge is 0.180 e. The molecule has 2 aromatic rings. The first-order valence-corrected chi connectivity index (χ1v) is 7.10. The largest absolute Gasteiger partial charge is 0.370 e. The first kappa shape index (κ1) is 11.9. The summed E-state index contributed by atoms with van der Waals surface area (Å²) in [6.07, 6.45) is 5.85. The van der Waals surface area contributed by atoms with Crippen molar-refractivity contribution < 1.29 is 4.21 Å². The fraction of sp³-hybridized carbons (Fsp3) is 0.364. The molecule has 90 valence electrons. The second kappa shape index (κ2) is 5.67. The minimum absolute atomic E-state index is 0.636. The summed E-state index contributed by atoms with van der Waals surface area (Å²) in [5, 5.41) is 3.18. The first-order valence-electron chi connectivity index (χ1n) is 5.37. The Bertz CT molecular complexity index is 532. The van der Waals surface area contributed by atoms with Crippen molar-refractivity contribution in [2.75, 3.05) is 23.9 Å². The van der Waals surface area contributed by atoms with Crippen molar-refractivity contribution in [3.63, 3.8) is 0 Å². The highest BCUT2D eigenvalue weighted by atomic mass is 32.2. The molecule has 17 heavy (non-hydrogen) atoms. The van der Waals surface area contributed by atoms with Crippen LogP contribution in [0.3, 0.4) is 0 Å². The van der Waals surface area contributed by atoms with Crippen LogP contribution in [0.25, 0.3) is 11.2 Å². The third-order valence-electron chi connectivity index (χ3n) is 2.25. The van der Waals surface area contributed by atoms with Crippen LogP contribution in [0, 0.1) is 0 Å².